The fourth-order valence-corrected chi connectivity index (χ4v) is 0.767. The van der Waals surface area contributed by atoms with Gasteiger partial charge in [-0.3, -0.25) is 4.79 Å². The molecule has 11 heavy (non-hydrogen) atoms. The molecule has 0 radical (unpaired) electrons. The molecule has 0 heterocycles. The number of likely N-dealkylation sites (N-methyl/N-ethyl adjacent to an activating group) is 1. The smallest absolute Gasteiger partial charge is 0.228 e. The summed E-state index contributed by atoms with van der Waals surface area (Å²) in [6.45, 7) is 5.67. The van der Waals surface area contributed by atoms with Crippen LogP contribution in [-0.2, 0) is 9.59 Å². The van der Waals surface area contributed by atoms with Crippen molar-refractivity contribution in [3.63, 3.8) is 0 Å². The van der Waals surface area contributed by atoms with Crippen LogP contribution in [0.5, 0.6) is 0 Å². The standard InChI is InChI=1S/C8H15NO2/c1-8(2,3)7(11)9(4)5-6-10/h6H,5H2,1-4H3. The molecule has 0 fully saturated rings. The molecule has 0 unspecified atom stereocenters. The molecule has 3 nitrogen and oxygen atoms in total. The van der Waals surface area contributed by atoms with Gasteiger partial charge in [-0.15, -0.1) is 0 Å². The third kappa shape index (κ3) is 3.16. The average Bonchev–Trinajstić information content (AvgIpc) is 1.85. The molecule has 0 saturated carbocycles. The highest BCUT2D eigenvalue weighted by atomic mass is 16.2. The van der Waals surface area contributed by atoms with Crippen molar-refractivity contribution >= 4 is 12.2 Å². The minimum atomic E-state index is -0.391. The van der Waals surface area contributed by atoms with Crippen molar-refractivity contribution in [3.05, 3.63) is 0 Å². The Kier molecular flexibility index (Phi) is 3.23. The van der Waals surface area contributed by atoms with Crippen LogP contribution in [-0.4, -0.2) is 30.7 Å². The number of hydrogen-bond donors (Lipinski definition) is 0. The van der Waals surface area contributed by atoms with Crippen LogP contribution in [0.2, 0.25) is 0 Å². The maximum absolute atomic E-state index is 11.3. The van der Waals surface area contributed by atoms with Gasteiger partial charge in [0.15, 0.2) is 0 Å². The van der Waals surface area contributed by atoms with Crippen molar-refractivity contribution in [3.8, 4) is 0 Å². The lowest BCUT2D eigenvalue weighted by Gasteiger charge is -2.23. The quantitative estimate of drug-likeness (QED) is 0.553. The van der Waals surface area contributed by atoms with E-state index in [1.807, 2.05) is 20.8 Å². The second-order valence-electron chi connectivity index (χ2n) is 3.60. The molecule has 0 aliphatic heterocycles. The zero-order valence-corrected chi connectivity index (χ0v) is 7.55. The topological polar surface area (TPSA) is 37.4 Å². The van der Waals surface area contributed by atoms with E-state index in [2.05, 4.69) is 0 Å². The predicted molar refractivity (Wildman–Crippen MR) is 43.2 cm³/mol. The first-order chi connectivity index (χ1) is 4.89. The van der Waals surface area contributed by atoms with Crippen LogP contribution >= 0.6 is 0 Å². The summed E-state index contributed by atoms with van der Waals surface area (Å²) in [6, 6.07) is 0. The van der Waals surface area contributed by atoms with Gasteiger partial charge in [0, 0.05) is 12.5 Å². The maximum atomic E-state index is 11.3. The first kappa shape index (κ1) is 10.1. The molecule has 1 amide bonds. The maximum Gasteiger partial charge on any atom is 0.228 e. The molecule has 0 rings (SSSR count). The van der Waals surface area contributed by atoms with E-state index in [-0.39, 0.29) is 12.5 Å². The zero-order chi connectivity index (χ0) is 9.07. The summed E-state index contributed by atoms with van der Waals surface area (Å²) in [5.74, 6) is -0.00963. The van der Waals surface area contributed by atoms with Crippen LogP contribution < -0.4 is 0 Å². The Balaban J connectivity index is 4.13. The van der Waals surface area contributed by atoms with Gasteiger partial charge in [0.1, 0.15) is 6.29 Å². The van der Waals surface area contributed by atoms with Gasteiger partial charge in [0.25, 0.3) is 0 Å². The van der Waals surface area contributed by atoms with Crippen LogP contribution in [0.4, 0.5) is 0 Å². The number of carbonyl (C=O) groups excluding carboxylic acids is 2. The normalized spacial score (nSPS) is 10.9. The van der Waals surface area contributed by atoms with Gasteiger partial charge in [0.2, 0.25) is 5.91 Å². The van der Waals surface area contributed by atoms with E-state index < -0.39 is 5.41 Å². The van der Waals surface area contributed by atoms with Gasteiger partial charge in [0.05, 0.1) is 6.54 Å². The number of nitrogens with zero attached hydrogens (tertiary/aromatic N) is 1. The van der Waals surface area contributed by atoms with E-state index in [0.717, 1.165) is 6.29 Å². The van der Waals surface area contributed by atoms with Gasteiger partial charge < -0.3 is 9.69 Å². The first-order valence-corrected chi connectivity index (χ1v) is 3.59. The summed E-state index contributed by atoms with van der Waals surface area (Å²) >= 11 is 0. The predicted octanol–water partition coefficient (Wildman–Crippen LogP) is 0.690. The Morgan fingerprint density at radius 3 is 2.18 bits per heavy atom. The Bertz CT molecular complexity index is 158. The number of aldehydes is 1. The van der Waals surface area contributed by atoms with E-state index in [9.17, 15) is 9.59 Å². The molecule has 0 aromatic heterocycles. The Morgan fingerprint density at radius 2 is 1.91 bits per heavy atom. The van der Waals surface area contributed by atoms with Gasteiger partial charge in [-0.25, -0.2) is 0 Å². The molecule has 0 atom stereocenters. The van der Waals surface area contributed by atoms with E-state index in [1.54, 1.807) is 7.05 Å². The summed E-state index contributed by atoms with van der Waals surface area (Å²) in [7, 11) is 1.63. The van der Waals surface area contributed by atoms with Crippen molar-refractivity contribution in [1.29, 1.82) is 0 Å². The third-order valence-electron chi connectivity index (χ3n) is 1.34. The van der Waals surface area contributed by atoms with Crippen LogP contribution in [0.1, 0.15) is 20.8 Å². The van der Waals surface area contributed by atoms with E-state index in [0.29, 0.717) is 0 Å². The molecule has 0 bridgehead atoms. The van der Waals surface area contributed by atoms with E-state index in [1.165, 1.54) is 4.90 Å². The van der Waals surface area contributed by atoms with Crippen molar-refractivity contribution < 1.29 is 9.59 Å². The van der Waals surface area contributed by atoms with Gasteiger partial charge >= 0.3 is 0 Å². The van der Waals surface area contributed by atoms with Crippen LogP contribution in [0, 0.1) is 5.41 Å². The van der Waals surface area contributed by atoms with E-state index >= 15 is 0 Å². The second-order valence-corrected chi connectivity index (χ2v) is 3.60. The van der Waals surface area contributed by atoms with Crippen molar-refractivity contribution in [2.24, 2.45) is 5.41 Å². The fourth-order valence-electron chi connectivity index (χ4n) is 0.767. The Hall–Kier alpha value is -0.860. The highest BCUT2D eigenvalue weighted by Gasteiger charge is 2.24. The molecule has 0 aromatic rings. The molecule has 0 N–H and O–H groups in total. The fraction of sp³-hybridized carbons (Fsp3) is 0.750. The molecule has 0 aromatic carbocycles. The van der Waals surface area contributed by atoms with Crippen LogP contribution in [0.3, 0.4) is 0 Å². The lowest BCUT2D eigenvalue weighted by Crippen LogP contribution is -2.37. The van der Waals surface area contributed by atoms with Crippen LogP contribution in [0.25, 0.3) is 0 Å². The average molecular weight is 157 g/mol. The summed E-state index contributed by atoms with van der Waals surface area (Å²) in [5.41, 5.74) is -0.391. The highest BCUT2D eigenvalue weighted by molar-refractivity contribution is 5.82. The highest BCUT2D eigenvalue weighted by Crippen LogP contribution is 2.15. The molecule has 0 saturated heterocycles. The number of carbonyl (C=O) groups is 2. The van der Waals surface area contributed by atoms with Crippen molar-refractivity contribution in [1.82, 2.24) is 4.90 Å². The van der Waals surface area contributed by atoms with Crippen LogP contribution in [0.15, 0.2) is 0 Å². The van der Waals surface area contributed by atoms with Gasteiger partial charge in [-0.1, -0.05) is 20.8 Å². The molecule has 0 spiro atoms. The van der Waals surface area contributed by atoms with E-state index in [4.69, 9.17) is 0 Å². The number of amides is 1. The summed E-state index contributed by atoms with van der Waals surface area (Å²) < 4.78 is 0. The lowest BCUT2D eigenvalue weighted by molar-refractivity contribution is -0.139. The first-order valence-electron chi connectivity index (χ1n) is 3.59. The molecular weight excluding hydrogens is 142 g/mol. The molecule has 0 aliphatic rings. The lowest BCUT2D eigenvalue weighted by atomic mass is 9.95. The van der Waals surface area contributed by atoms with Gasteiger partial charge in [-0.05, 0) is 0 Å². The molecular formula is C8H15NO2. The monoisotopic (exact) mass is 157 g/mol. The number of rotatable bonds is 2. The van der Waals surface area contributed by atoms with Gasteiger partial charge in [-0.2, -0.15) is 0 Å². The summed E-state index contributed by atoms with van der Waals surface area (Å²) in [6.07, 6.45) is 0.726. The van der Waals surface area contributed by atoms with Crippen molar-refractivity contribution in [2.75, 3.05) is 13.6 Å². The SMILES string of the molecule is CN(CC=O)C(=O)C(C)(C)C. The minimum Gasteiger partial charge on any atom is -0.338 e. The minimum absolute atomic E-state index is 0.00963. The Morgan fingerprint density at radius 1 is 1.45 bits per heavy atom. The third-order valence-corrected chi connectivity index (χ3v) is 1.34. The zero-order valence-electron chi connectivity index (χ0n) is 7.55. The second kappa shape index (κ2) is 3.51. The molecule has 3 heteroatoms. The largest absolute Gasteiger partial charge is 0.338 e. The molecule has 0 aliphatic carbocycles. The summed E-state index contributed by atoms with van der Waals surface area (Å²) in [4.78, 5) is 22.8. The number of hydrogen-bond acceptors (Lipinski definition) is 2. The van der Waals surface area contributed by atoms with Crippen molar-refractivity contribution in [2.45, 2.75) is 20.8 Å². The Labute approximate surface area is 67.4 Å². The summed E-state index contributed by atoms with van der Waals surface area (Å²) in [5, 5.41) is 0. The molecule has 64 valence electrons.